The van der Waals surface area contributed by atoms with Crippen molar-refractivity contribution in [1.82, 2.24) is 0 Å². The second kappa shape index (κ2) is 10.9. The van der Waals surface area contributed by atoms with Crippen molar-refractivity contribution >= 4 is 61.8 Å². The van der Waals surface area contributed by atoms with Crippen LogP contribution in [0.3, 0.4) is 0 Å². The Balaban J connectivity index is 1.40. The highest BCUT2D eigenvalue weighted by molar-refractivity contribution is 9.10. The van der Waals surface area contributed by atoms with Gasteiger partial charge in [0.2, 0.25) is 0 Å². The molecule has 0 unspecified atom stereocenters. The number of benzene rings is 5. The molecular formula is C34H17BrN4. The predicted molar refractivity (Wildman–Crippen MR) is 159 cm³/mol. The summed E-state index contributed by atoms with van der Waals surface area (Å²) in [4.78, 5) is 0. The zero-order chi connectivity index (χ0) is 27.4. The molecule has 0 spiro atoms. The lowest BCUT2D eigenvalue weighted by atomic mass is 9.98. The van der Waals surface area contributed by atoms with Crippen molar-refractivity contribution in [1.29, 1.82) is 21.0 Å². The van der Waals surface area contributed by atoms with E-state index in [-0.39, 0.29) is 0 Å². The maximum Gasteiger partial charge on any atom is 0.0998 e. The van der Waals surface area contributed by atoms with E-state index in [4.69, 9.17) is 0 Å². The lowest BCUT2D eigenvalue weighted by molar-refractivity contribution is 1.48. The molecule has 0 saturated carbocycles. The highest BCUT2D eigenvalue weighted by Gasteiger charge is 2.07. The molecule has 0 heterocycles. The number of rotatable bonds is 4. The molecule has 39 heavy (non-hydrogen) atoms. The summed E-state index contributed by atoms with van der Waals surface area (Å²) in [7, 11) is 0. The van der Waals surface area contributed by atoms with Gasteiger partial charge in [0, 0.05) is 26.0 Å². The first-order chi connectivity index (χ1) is 19.0. The normalized spacial score (nSPS) is 10.9. The van der Waals surface area contributed by atoms with Crippen molar-refractivity contribution in [2.24, 2.45) is 0 Å². The van der Waals surface area contributed by atoms with Gasteiger partial charge in [0.15, 0.2) is 0 Å². The van der Waals surface area contributed by atoms with Crippen molar-refractivity contribution in [2.75, 3.05) is 0 Å². The molecule has 0 N–H and O–H groups in total. The average molecular weight is 561 g/mol. The number of nitrogens with zero attached hydrogens (tertiary/aromatic N) is 4. The van der Waals surface area contributed by atoms with Crippen LogP contribution in [0.25, 0.3) is 45.8 Å². The number of nitriles is 4. The standard InChI is InChI=1S/C34H17BrN4/c35-34-17-24(2-1-22-5-13-30-26(18-36)9-11-28(20-38)32(30)15-22)4-8-25(34)7-3-23-6-14-31-27(19-37)10-12-29(21-39)33(31)16-23/h1-17H/b2-1+,7-3-. The molecule has 0 fully saturated rings. The Kier molecular flexibility index (Phi) is 7.03. The molecule has 5 heteroatoms. The summed E-state index contributed by atoms with van der Waals surface area (Å²) >= 11 is 3.66. The molecule has 0 atom stereocenters. The summed E-state index contributed by atoms with van der Waals surface area (Å²) in [6.45, 7) is 0. The van der Waals surface area contributed by atoms with E-state index in [2.05, 4.69) is 40.2 Å². The first-order valence-corrected chi connectivity index (χ1v) is 12.7. The third-order valence-corrected chi connectivity index (χ3v) is 7.20. The Morgan fingerprint density at radius 3 is 1.26 bits per heavy atom. The van der Waals surface area contributed by atoms with E-state index in [0.717, 1.165) is 48.3 Å². The summed E-state index contributed by atoms with van der Waals surface area (Å²) < 4.78 is 0.926. The smallest absolute Gasteiger partial charge is 0.0998 e. The number of hydrogen-bond donors (Lipinski definition) is 0. The van der Waals surface area contributed by atoms with Crippen LogP contribution < -0.4 is 0 Å². The van der Waals surface area contributed by atoms with Gasteiger partial charge in [-0.15, -0.1) is 0 Å². The van der Waals surface area contributed by atoms with E-state index in [1.54, 1.807) is 24.3 Å². The Morgan fingerprint density at radius 1 is 0.436 bits per heavy atom. The van der Waals surface area contributed by atoms with E-state index in [1.807, 2.05) is 78.9 Å². The van der Waals surface area contributed by atoms with Crippen LogP contribution in [-0.4, -0.2) is 0 Å². The van der Waals surface area contributed by atoms with Crippen LogP contribution in [0.2, 0.25) is 0 Å². The van der Waals surface area contributed by atoms with Gasteiger partial charge in [0.25, 0.3) is 0 Å². The van der Waals surface area contributed by atoms with Crippen LogP contribution in [-0.2, 0) is 0 Å². The van der Waals surface area contributed by atoms with E-state index < -0.39 is 0 Å². The molecular weight excluding hydrogens is 544 g/mol. The van der Waals surface area contributed by atoms with Crippen LogP contribution in [0, 0.1) is 45.3 Å². The lowest BCUT2D eigenvalue weighted by Gasteiger charge is -2.05. The second-order valence-corrected chi connectivity index (χ2v) is 9.68. The van der Waals surface area contributed by atoms with Gasteiger partial charge in [0.1, 0.15) is 0 Å². The predicted octanol–water partition coefficient (Wildman–Crippen LogP) is 8.58. The first kappa shape index (κ1) is 25.2. The minimum atomic E-state index is 0.539. The van der Waals surface area contributed by atoms with E-state index >= 15 is 0 Å². The fourth-order valence-corrected chi connectivity index (χ4v) is 5.02. The number of hydrogen-bond acceptors (Lipinski definition) is 4. The van der Waals surface area contributed by atoms with Crippen LogP contribution in [0.5, 0.6) is 0 Å². The minimum absolute atomic E-state index is 0.539. The van der Waals surface area contributed by atoms with Crippen molar-refractivity contribution in [3.05, 3.63) is 128 Å². The Labute approximate surface area is 234 Å². The maximum absolute atomic E-state index is 9.48. The topological polar surface area (TPSA) is 95.2 Å². The summed E-state index contributed by atoms with van der Waals surface area (Å²) in [6.07, 6.45) is 7.96. The van der Waals surface area contributed by atoms with Gasteiger partial charge in [-0.2, -0.15) is 21.0 Å². The largest absolute Gasteiger partial charge is 0.192 e. The van der Waals surface area contributed by atoms with Crippen molar-refractivity contribution < 1.29 is 0 Å². The molecule has 0 aliphatic heterocycles. The van der Waals surface area contributed by atoms with Crippen LogP contribution in [0.1, 0.15) is 44.5 Å². The molecule has 0 saturated heterocycles. The molecule has 5 aromatic rings. The SMILES string of the molecule is N#Cc1ccc(C#N)c2cc(/C=C\c3ccc(/C=C/c4ccc5c(C#N)ccc(C#N)c5c4)cc3Br)ccc12. The summed E-state index contributed by atoms with van der Waals surface area (Å²) in [5, 5.41) is 40.8. The molecule has 0 bridgehead atoms. The van der Waals surface area contributed by atoms with Gasteiger partial charge in [-0.1, -0.05) is 76.6 Å². The van der Waals surface area contributed by atoms with Crippen LogP contribution in [0.4, 0.5) is 0 Å². The lowest BCUT2D eigenvalue weighted by Crippen LogP contribution is -1.86. The molecule has 5 rings (SSSR count). The minimum Gasteiger partial charge on any atom is -0.192 e. The Bertz CT molecular complexity index is 2020. The van der Waals surface area contributed by atoms with Crippen molar-refractivity contribution in [2.45, 2.75) is 0 Å². The maximum atomic E-state index is 9.48. The van der Waals surface area contributed by atoms with Crippen LogP contribution >= 0.6 is 15.9 Å². The molecule has 180 valence electrons. The van der Waals surface area contributed by atoms with Gasteiger partial charge in [-0.25, -0.2) is 0 Å². The molecule has 4 nitrogen and oxygen atoms in total. The van der Waals surface area contributed by atoms with Crippen molar-refractivity contribution in [3.8, 4) is 24.3 Å². The molecule has 0 radical (unpaired) electrons. The fourth-order valence-electron chi connectivity index (χ4n) is 4.49. The van der Waals surface area contributed by atoms with Gasteiger partial charge in [0.05, 0.1) is 46.5 Å². The quantitative estimate of drug-likeness (QED) is 0.205. The van der Waals surface area contributed by atoms with E-state index in [1.165, 1.54) is 0 Å². The van der Waals surface area contributed by atoms with E-state index in [0.29, 0.717) is 22.3 Å². The molecule has 0 aliphatic carbocycles. The summed E-state index contributed by atoms with van der Waals surface area (Å²) in [5.41, 5.74) is 6.03. The zero-order valence-corrected chi connectivity index (χ0v) is 22.1. The highest BCUT2D eigenvalue weighted by Crippen LogP contribution is 2.27. The Hall–Kier alpha value is -5.46. The second-order valence-electron chi connectivity index (χ2n) is 8.83. The average Bonchev–Trinajstić information content (AvgIpc) is 2.98. The van der Waals surface area contributed by atoms with Crippen molar-refractivity contribution in [3.63, 3.8) is 0 Å². The fraction of sp³-hybridized carbons (Fsp3) is 0. The molecule has 0 amide bonds. The summed E-state index contributed by atoms with van der Waals surface area (Å²) in [6, 6.07) is 33.1. The molecule has 5 aromatic carbocycles. The Morgan fingerprint density at radius 2 is 0.821 bits per heavy atom. The first-order valence-electron chi connectivity index (χ1n) is 11.9. The van der Waals surface area contributed by atoms with Gasteiger partial charge in [-0.3, -0.25) is 0 Å². The molecule has 0 aliphatic rings. The molecule has 0 aromatic heterocycles. The highest BCUT2D eigenvalue weighted by atomic mass is 79.9. The van der Waals surface area contributed by atoms with E-state index in [9.17, 15) is 21.0 Å². The number of fused-ring (bicyclic) bond motifs is 2. The summed E-state index contributed by atoms with van der Waals surface area (Å²) in [5.74, 6) is 0. The monoisotopic (exact) mass is 560 g/mol. The van der Waals surface area contributed by atoms with Gasteiger partial charge >= 0.3 is 0 Å². The zero-order valence-electron chi connectivity index (χ0n) is 20.5. The van der Waals surface area contributed by atoms with Gasteiger partial charge < -0.3 is 0 Å². The third-order valence-electron chi connectivity index (χ3n) is 6.51. The van der Waals surface area contributed by atoms with Crippen LogP contribution in [0.15, 0.2) is 83.3 Å². The third kappa shape index (κ3) is 5.05. The van der Waals surface area contributed by atoms with Gasteiger partial charge in [-0.05, 0) is 64.7 Å². The number of halogens is 1.